The predicted octanol–water partition coefficient (Wildman–Crippen LogP) is 4.61. The Balaban J connectivity index is 2.74. The zero-order valence-corrected chi connectivity index (χ0v) is 11.7. The van der Waals surface area contributed by atoms with E-state index in [1.165, 1.54) is 28.2 Å². The first kappa shape index (κ1) is 13.7. The van der Waals surface area contributed by atoms with Crippen molar-refractivity contribution in [3.05, 3.63) is 21.4 Å². The number of aryl methyl sites for hydroxylation is 2. The Hall–Kier alpha value is -0.340. The number of hydrogen-bond acceptors (Lipinski definition) is 2. The van der Waals surface area contributed by atoms with Crippen molar-refractivity contribution in [2.24, 2.45) is 5.92 Å². The highest BCUT2D eigenvalue weighted by molar-refractivity contribution is 7.12. The lowest BCUT2D eigenvalue weighted by molar-refractivity contribution is 0.102. The molecule has 0 radical (unpaired) electrons. The molecule has 0 aliphatic rings. The van der Waals surface area contributed by atoms with E-state index >= 15 is 0 Å². The molecule has 2 heteroatoms. The third-order valence-corrected chi connectivity index (χ3v) is 4.47. The normalized spacial score (nSPS) is 15.1. The smallest absolute Gasteiger partial charge is 0.0912 e. The molecule has 0 aliphatic heterocycles. The summed E-state index contributed by atoms with van der Waals surface area (Å²) in [5, 5.41) is 10.4. The summed E-state index contributed by atoms with van der Waals surface area (Å²) in [4.78, 5) is 2.48. The summed E-state index contributed by atoms with van der Waals surface area (Å²) in [7, 11) is 0. The van der Waals surface area contributed by atoms with Crippen molar-refractivity contribution >= 4 is 11.3 Å². The number of aliphatic hydroxyl groups excluding tert-OH is 1. The molecule has 1 aromatic heterocycles. The van der Waals surface area contributed by atoms with Crippen molar-refractivity contribution in [3.63, 3.8) is 0 Å². The second-order valence-corrected chi connectivity index (χ2v) is 5.95. The van der Waals surface area contributed by atoms with Crippen LogP contribution in [-0.4, -0.2) is 5.11 Å². The fourth-order valence-corrected chi connectivity index (χ4v) is 3.33. The van der Waals surface area contributed by atoms with Gasteiger partial charge >= 0.3 is 0 Å². The lowest BCUT2D eigenvalue weighted by Crippen LogP contribution is -2.11. The topological polar surface area (TPSA) is 20.2 Å². The highest BCUT2D eigenvalue weighted by Crippen LogP contribution is 2.35. The summed E-state index contributed by atoms with van der Waals surface area (Å²) in [5.74, 6) is 0.427. The van der Waals surface area contributed by atoms with Crippen LogP contribution in [0, 0.1) is 19.8 Å². The van der Waals surface area contributed by atoms with E-state index in [0.29, 0.717) is 5.92 Å². The molecular formula is C14H24OS. The molecule has 0 fully saturated rings. The summed E-state index contributed by atoms with van der Waals surface area (Å²) in [6.45, 7) is 8.61. The van der Waals surface area contributed by atoms with Crippen molar-refractivity contribution in [3.8, 4) is 0 Å². The van der Waals surface area contributed by atoms with Gasteiger partial charge < -0.3 is 5.11 Å². The second-order valence-electron chi connectivity index (χ2n) is 4.66. The fraction of sp³-hybridized carbons (Fsp3) is 0.714. The molecule has 2 unspecified atom stereocenters. The molecule has 0 saturated heterocycles. The van der Waals surface area contributed by atoms with Crippen molar-refractivity contribution in [1.29, 1.82) is 0 Å². The van der Waals surface area contributed by atoms with Crippen LogP contribution in [0.3, 0.4) is 0 Å². The molecule has 2 atom stereocenters. The van der Waals surface area contributed by atoms with Crippen LogP contribution in [0.25, 0.3) is 0 Å². The van der Waals surface area contributed by atoms with Gasteiger partial charge in [0.25, 0.3) is 0 Å². The number of thiophene rings is 1. The van der Waals surface area contributed by atoms with Gasteiger partial charge in [0.1, 0.15) is 0 Å². The number of aliphatic hydroxyl groups is 1. The van der Waals surface area contributed by atoms with Gasteiger partial charge in [-0.15, -0.1) is 11.3 Å². The number of rotatable bonds is 6. The van der Waals surface area contributed by atoms with E-state index in [0.717, 1.165) is 12.8 Å². The molecule has 1 heterocycles. The van der Waals surface area contributed by atoms with E-state index in [9.17, 15) is 5.11 Å². The van der Waals surface area contributed by atoms with Crippen LogP contribution in [-0.2, 0) is 0 Å². The second kappa shape index (κ2) is 6.41. The van der Waals surface area contributed by atoms with Crippen LogP contribution < -0.4 is 0 Å². The van der Waals surface area contributed by atoms with Gasteiger partial charge in [-0.25, -0.2) is 0 Å². The summed E-state index contributed by atoms with van der Waals surface area (Å²) >= 11 is 1.75. The minimum Gasteiger partial charge on any atom is -0.387 e. The third kappa shape index (κ3) is 3.33. The van der Waals surface area contributed by atoms with E-state index in [-0.39, 0.29) is 6.10 Å². The molecule has 92 valence electrons. The maximum Gasteiger partial charge on any atom is 0.0912 e. The highest BCUT2D eigenvalue weighted by atomic mass is 32.1. The Morgan fingerprint density at radius 3 is 2.44 bits per heavy atom. The highest BCUT2D eigenvalue weighted by Gasteiger charge is 2.21. The quantitative estimate of drug-likeness (QED) is 0.769. The lowest BCUT2D eigenvalue weighted by Gasteiger charge is -2.21. The molecular weight excluding hydrogens is 216 g/mol. The van der Waals surface area contributed by atoms with Crippen molar-refractivity contribution in [1.82, 2.24) is 0 Å². The van der Waals surface area contributed by atoms with E-state index < -0.39 is 0 Å². The first-order valence-corrected chi connectivity index (χ1v) is 7.16. The molecule has 1 nitrogen and oxygen atoms in total. The maximum absolute atomic E-state index is 10.4. The lowest BCUT2D eigenvalue weighted by atomic mass is 9.91. The molecule has 0 spiro atoms. The third-order valence-electron chi connectivity index (χ3n) is 3.25. The van der Waals surface area contributed by atoms with Gasteiger partial charge in [0.05, 0.1) is 6.10 Å². The first-order chi connectivity index (χ1) is 7.60. The van der Waals surface area contributed by atoms with Crippen LogP contribution >= 0.6 is 11.3 Å². The monoisotopic (exact) mass is 240 g/mol. The van der Waals surface area contributed by atoms with Gasteiger partial charge in [0.15, 0.2) is 0 Å². The average molecular weight is 240 g/mol. The minimum atomic E-state index is -0.254. The molecule has 1 aromatic rings. The number of unbranched alkanes of at least 4 members (excludes halogenated alkanes) is 1. The molecule has 0 amide bonds. The molecule has 0 aromatic carbocycles. The van der Waals surface area contributed by atoms with Gasteiger partial charge in [0.2, 0.25) is 0 Å². The summed E-state index contributed by atoms with van der Waals surface area (Å²) in [5.41, 5.74) is 1.25. The van der Waals surface area contributed by atoms with Crippen LogP contribution in [0.5, 0.6) is 0 Å². The Morgan fingerprint density at radius 2 is 2.00 bits per heavy atom. The molecule has 16 heavy (non-hydrogen) atoms. The molecule has 0 saturated carbocycles. The standard InChI is InChI=1S/C14H24OS/c1-5-7-8-12(6-2)13(15)14-10(3)9-11(4)16-14/h9,12-13,15H,5-8H2,1-4H3. The van der Waals surface area contributed by atoms with E-state index in [2.05, 4.69) is 33.8 Å². The summed E-state index contributed by atoms with van der Waals surface area (Å²) < 4.78 is 0. The average Bonchev–Trinajstić information content (AvgIpc) is 2.58. The fourth-order valence-electron chi connectivity index (χ4n) is 2.22. The Morgan fingerprint density at radius 1 is 1.31 bits per heavy atom. The number of hydrogen-bond donors (Lipinski definition) is 1. The van der Waals surface area contributed by atoms with E-state index in [4.69, 9.17) is 0 Å². The maximum atomic E-state index is 10.4. The minimum absolute atomic E-state index is 0.254. The Bertz CT molecular complexity index is 317. The van der Waals surface area contributed by atoms with Crippen LogP contribution in [0.1, 0.15) is 61.0 Å². The van der Waals surface area contributed by atoms with Crippen LogP contribution in [0.15, 0.2) is 6.07 Å². The van der Waals surface area contributed by atoms with Crippen LogP contribution in [0.2, 0.25) is 0 Å². The van der Waals surface area contributed by atoms with Gasteiger partial charge in [-0.05, 0) is 37.8 Å². The van der Waals surface area contributed by atoms with Gasteiger partial charge in [-0.3, -0.25) is 0 Å². The van der Waals surface area contributed by atoms with E-state index in [1.54, 1.807) is 11.3 Å². The predicted molar refractivity (Wildman–Crippen MR) is 72.1 cm³/mol. The summed E-state index contributed by atoms with van der Waals surface area (Å²) in [6, 6.07) is 2.18. The van der Waals surface area contributed by atoms with Crippen LogP contribution in [0.4, 0.5) is 0 Å². The van der Waals surface area contributed by atoms with Crippen molar-refractivity contribution in [2.45, 2.75) is 59.5 Å². The zero-order chi connectivity index (χ0) is 12.1. The molecule has 0 aliphatic carbocycles. The van der Waals surface area contributed by atoms with Gasteiger partial charge in [-0.1, -0.05) is 33.1 Å². The summed E-state index contributed by atoms with van der Waals surface area (Å²) in [6.07, 6.45) is 4.39. The van der Waals surface area contributed by atoms with Crippen molar-refractivity contribution in [2.75, 3.05) is 0 Å². The Kier molecular flexibility index (Phi) is 5.50. The first-order valence-electron chi connectivity index (χ1n) is 6.35. The SMILES string of the molecule is CCCCC(CC)C(O)c1sc(C)cc1C. The van der Waals surface area contributed by atoms with Gasteiger partial charge in [0, 0.05) is 9.75 Å². The Labute approximate surface area is 104 Å². The molecule has 1 N–H and O–H groups in total. The molecule has 1 rings (SSSR count). The zero-order valence-electron chi connectivity index (χ0n) is 10.9. The van der Waals surface area contributed by atoms with Crippen molar-refractivity contribution < 1.29 is 5.11 Å². The van der Waals surface area contributed by atoms with E-state index in [1.807, 2.05) is 0 Å². The largest absolute Gasteiger partial charge is 0.387 e. The van der Waals surface area contributed by atoms with Gasteiger partial charge in [-0.2, -0.15) is 0 Å². The molecule has 0 bridgehead atoms.